The summed E-state index contributed by atoms with van der Waals surface area (Å²) in [6.45, 7) is 1.81. The van der Waals surface area contributed by atoms with Crippen molar-refractivity contribution in [1.29, 1.82) is 0 Å². The van der Waals surface area contributed by atoms with Gasteiger partial charge in [0.25, 0.3) is 0 Å². The van der Waals surface area contributed by atoms with Gasteiger partial charge in [-0.3, -0.25) is 10.2 Å². The van der Waals surface area contributed by atoms with Crippen LogP contribution in [-0.4, -0.2) is 31.2 Å². The number of ether oxygens (including phenoxy) is 1. The summed E-state index contributed by atoms with van der Waals surface area (Å²) in [4.78, 5) is 13.8. The summed E-state index contributed by atoms with van der Waals surface area (Å²) in [5, 5.41) is 3.21. The average Bonchev–Trinajstić information content (AvgIpc) is 2.48. The Kier molecular flexibility index (Phi) is 8.48. The SMILES string of the molecule is CN(CCOC(=O)Nc1cccc(Cl)c1)Cc1ccccc1.Cl. The van der Waals surface area contributed by atoms with Gasteiger partial charge in [0.15, 0.2) is 0 Å². The number of benzene rings is 2. The average molecular weight is 355 g/mol. The standard InChI is InChI=1S/C17H19ClN2O2.ClH/c1-20(13-14-6-3-2-4-7-14)10-11-22-17(21)19-16-9-5-8-15(18)12-16;/h2-9,12H,10-11,13H2,1H3,(H,19,21);1H. The van der Waals surface area contributed by atoms with E-state index in [1.165, 1.54) is 5.56 Å². The van der Waals surface area contributed by atoms with Crippen molar-refractivity contribution in [2.24, 2.45) is 0 Å². The second-order valence-corrected chi connectivity index (χ2v) is 5.43. The fourth-order valence-electron chi connectivity index (χ4n) is 1.99. The molecule has 0 saturated heterocycles. The van der Waals surface area contributed by atoms with Crippen molar-refractivity contribution in [2.75, 3.05) is 25.5 Å². The number of hydrogen-bond acceptors (Lipinski definition) is 3. The molecule has 0 unspecified atom stereocenters. The number of carbonyl (C=O) groups excluding carboxylic acids is 1. The molecule has 4 nitrogen and oxygen atoms in total. The van der Waals surface area contributed by atoms with Crippen molar-refractivity contribution in [1.82, 2.24) is 4.90 Å². The minimum absolute atomic E-state index is 0. The maximum atomic E-state index is 11.7. The predicted octanol–water partition coefficient (Wildman–Crippen LogP) is 4.44. The van der Waals surface area contributed by atoms with Crippen molar-refractivity contribution in [3.05, 3.63) is 65.2 Å². The number of hydrogen-bond donors (Lipinski definition) is 1. The third-order valence-corrected chi connectivity index (χ3v) is 3.31. The fraction of sp³-hybridized carbons (Fsp3) is 0.235. The van der Waals surface area contributed by atoms with E-state index in [9.17, 15) is 4.79 Å². The third-order valence-electron chi connectivity index (χ3n) is 3.07. The van der Waals surface area contributed by atoms with Crippen LogP contribution < -0.4 is 5.32 Å². The molecule has 0 saturated carbocycles. The van der Waals surface area contributed by atoms with Crippen molar-refractivity contribution >= 4 is 35.8 Å². The van der Waals surface area contributed by atoms with E-state index < -0.39 is 6.09 Å². The minimum Gasteiger partial charge on any atom is -0.448 e. The zero-order chi connectivity index (χ0) is 15.8. The molecule has 23 heavy (non-hydrogen) atoms. The van der Waals surface area contributed by atoms with E-state index in [2.05, 4.69) is 22.3 Å². The van der Waals surface area contributed by atoms with Crippen molar-refractivity contribution < 1.29 is 9.53 Å². The molecular weight excluding hydrogens is 335 g/mol. The van der Waals surface area contributed by atoms with Gasteiger partial charge in [-0.05, 0) is 30.8 Å². The number of carbonyl (C=O) groups is 1. The van der Waals surface area contributed by atoms with Crippen LogP contribution in [0.4, 0.5) is 10.5 Å². The highest BCUT2D eigenvalue weighted by Crippen LogP contribution is 2.14. The molecule has 0 bridgehead atoms. The van der Waals surface area contributed by atoms with Gasteiger partial charge in [0, 0.05) is 23.8 Å². The molecule has 0 aliphatic heterocycles. The Morgan fingerprint density at radius 2 is 1.91 bits per heavy atom. The number of anilines is 1. The van der Waals surface area contributed by atoms with Crippen LogP contribution in [0.15, 0.2) is 54.6 Å². The maximum Gasteiger partial charge on any atom is 0.411 e. The van der Waals surface area contributed by atoms with Crippen molar-refractivity contribution in [2.45, 2.75) is 6.54 Å². The van der Waals surface area contributed by atoms with E-state index in [4.69, 9.17) is 16.3 Å². The second-order valence-electron chi connectivity index (χ2n) is 4.99. The molecular formula is C17H20Cl2N2O2. The lowest BCUT2D eigenvalue weighted by molar-refractivity contribution is 0.145. The van der Waals surface area contributed by atoms with Gasteiger partial charge in [-0.2, -0.15) is 0 Å². The van der Waals surface area contributed by atoms with Crippen molar-refractivity contribution in [3.63, 3.8) is 0 Å². The highest BCUT2D eigenvalue weighted by Gasteiger charge is 2.05. The van der Waals surface area contributed by atoms with E-state index in [0.717, 1.165) is 6.54 Å². The van der Waals surface area contributed by atoms with Gasteiger partial charge in [-0.25, -0.2) is 4.79 Å². The smallest absolute Gasteiger partial charge is 0.411 e. The number of halogens is 2. The quantitative estimate of drug-likeness (QED) is 0.833. The topological polar surface area (TPSA) is 41.6 Å². The van der Waals surface area contributed by atoms with Crippen LogP contribution in [0.2, 0.25) is 5.02 Å². The van der Waals surface area contributed by atoms with E-state index in [-0.39, 0.29) is 12.4 Å². The number of nitrogens with one attached hydrogen (secondary N) is 1. The molecule has 2 aromatic carbocycles. The van der Waals surface area contributed by atoms with Gasteiger partial charge >= 0.3 is 6.09 Å². The molecule has 0 aromatic heterocycles. The normalized spacial score (nSPS) is 10.0. The lowest BCUT2D eigenvalue weighted by atomic mass is 10.2. The predicted molar refractivity (Wildman–Crippen MR) is 96.4 cm³/mol. The Labute approximate surface area is 147 Å². The molecule has 124 valence electrons. The van der Waals surface area contributed by atoms with Crippen LogP contribution in [0.3, 0.4) is 0 Å². The first-order valence-corrected chi connectivity index (χ1v) is 7.43. The largest absolute Gasteiger partial charge is 0.448 e. The number of nitrogens with zero attached hydrogens (tertiary/aromatic N) is 1. The second kappa shape index (κ2) is 10.1. The molecule has 0 fully saturated rings. The number of rotatable bonds is 6. The van der Waals surface area contributed by atoms with Crippen molar-refractivity contribution in [3.8, 4) is 0 Å². The Morgan fingerprint density at radius 3 is 2.61 bits per heavy atom. The monoisotopic (exact) mass is 354 g/mol. The van der Waals surface area contributed by atoms with E-state index in [1.54, 1.807) is 24.3 Å². The van der Waals surface area contributed by atoms with Gasteiger partial charge in [0.1, 0.15) is 6.61 Å². The minimum atomic E-state index is -0.477. The molecule has 2 aromatic rings. The fourth-order valence-corrected chi connectivity index (χ4v) is 2.18. The Morgan fingerprint density at radius 1 is 1.17 bits per heavy atom. The van der Waals surface area contributed by atoms with Crippen LogP contribution in [0, 0.1) is 0 Å². The third kappa shape index (κ3) is 7.37. The van der Waals surface area contributed by atoms with Crippen LogP contribution >= 0.6 is 24.0 Å². The van der Waals surface area contributed by atoms with Gasteiger partial charge in [-0.1, -0.05) is 48.0 Å². The summed E-state index contributed by atoms with van der Waals surface area (Å²) in [6, 6.07) is 17.1. The summed E-state index contributed by atoms with van der Waals surface area (Å²) in [7, 11) is 1.99. The highest BCUT2D eigenvalue weighted by molar-refractivity contribution is 6.30. The zero-order valence-corrected chi connectivity index (χ0v) is 14.4. The summed E-state index contributed by atoms with van der Waals surface area (Å²) in [6.07, 6.45) is -0.477. The van der Waals surface area contributed by atoms with E-state index >= 15 is 0 Å². The lowest BCUT2D eigenvalue weighted by Crippen LogP contribution is -2.25. The molecule has 1 N–H and O–H groups in total. The van der Waals surface area contributed by atoms with Crippen LogP contribution in [-0.2, 0) is 11.3 Å². The van der Waals surface area contributed by atoms with Gasteiger partial charge in [-0.15, -0.1) is 12.4 Å². The number of likely N-dealkylation sites (N-methyl/N-ethyl adjacent to an activating group) is 1. The summed E-state index contributed by atoms with van der Waals surface area (Å²) in [5.74, 6) is 0. The van der Waals surface area contributed by atoms with Gasteiger partial charge in [0.2, 0.25) is 0 Å². The Balaban J connectivity index is 0.00000264. The molecule has 0 spiro atoms. The Bertz CT molecular complexity index is 609. The van der Waals surface area contributed by atoms with E-state index in [1.807, 2.05) is 25.2 Å². The molecule has 0 radical (unpaired) electrons. The molecule has 1 amide bonds. The van der Waals surface area contributed by atoms with Crippen LogP contribution in [0.5, 0.6) is 0 Å². The molecule has 0 atom stereocenters. The Hall–Kier alpha value is -1.75. The molecule has 0 aliphatic rings. The first kappa shape index (κ1) is 19.3. The number of amides is 1. The van der Waals surface area contributed by atoms with Crippen LogP contribution in [0.1, 0.15) is 5.56 Å². The molecule has 2 rings (SSSR count). The zero-order valence-electron chi connectivity index (χ0n) is 12.9. The molecule has 0 heterocycles. The summed E-state index contributed by atoms with van der Waals surface area (Å²) in [5.41, 5.74) is 1.85. The summed E-state index contributed by atoms with van der Waals surface area (Å²) < 4.78 is 5.16. The first-order chi connectivity index (χ1) is 10.6. The first-order valence-electron chi connectivity index (χ1n) is 7.05. The maximum absolute atomic E-state index is 11.7. The molecule has 6 heteroatoms. The van der Waals surface area contributed by atoms with Crippen LogP contribution in [0.25, 0.3) is 0 Å². The van der Waals surface area contributed by atoms with Gasteiger partial charge in [0.05, 0.1) is 0 Å². The molecule has 0 aliphatic carbocycles. The van der Waals surface area contributed by atoms with E-state index in [0.29, 0.717) is 23.9 Å². The van der Waals surface area contributed by atoms with Gasteiger partial charge < -0.3 is 4.74 Å². The summed E-state index contributed by atoms with van der Waals surface area (Å²) >= 11 is 5.85. The lowest BCUT2D eigenvalue weighted by Gasteiger charge is -2.16. The highest BCUT2D eigenvalue weighted by atomic mass is 35.5.